The van der Waals surface area contributed by atoms with Gasteiger partial charge in [-0.05, 0) is 39.3 Å². The molecule has 0 aliphatic rings. The van der Waals surface area contributed by atoms with Crippen LogP contribution in [0.25, 0.3) is 0 Å². The molecule has 7 heteroatoms. The number of aryl methyl sites for hydroxylation is 1. The second-order valence-electron chi connectivity index (χ2n) is 5.36. The van der Waals surface area contributed by atoms with Gasteiger partial charge in [0.25, 0.3) is 0 Å². The van der Waals surface area contributed by atoms with E-state index in [1.54, 1.807) is 19.9 Å². The van der Waals surface area contributed by atoms with E-state index >= 15 is 0 Å². The molecule has 0 amide bonds. The van der Waals surface area contributed by atoms with Crippen LogP contribution in [-0.2, 0) is 0 Å². The van der Waals surface area contributed by atoms with Crippen molar-refractivity contribution in [3.8, 4) is 11.8 Å². The van der Waals surface area contributed by atoms with E-state index in [0.717, 1.165) is 0 Å². The normalized spacial score (nSPS) is 13.6. The predicted octanol–water partition coefficient (Wildman–Crippen LogP) is 3.32. The third-order valence-electron chi connectivity index (χ3n) is 2.78. The molecule has 0 radical (unpaired) electrons. The Kier molecular flexibility index (Phi) is 5.70. The van der Waals surface area contributed by atoms with Crippen LogP contribution in [0.4, 0.5) is 5.69 Å². The molecule has 0 aliphatic heterocycles. The minimum absolute atomic E-state index is 0.0188. The summed E-state index contributed by atoms with van der Waals surface area (Å²) < 4.78 is 6.21. The molecule has 114 valence electrons. The fourth-order valence-electron chi connectivity index (χ4n) is 2.00. The maximum atomic E-state index is 11.1. The van der Waals surface area contributed by atoms with Gasteiger partial charge in [0.1, 0.15) is 12.1 Å². The van der Waals surface area contributed by atoms with Gasteiger partial charge in [-0.3, -0.25) is 15.4 Å². The van der Waals surface area contributed by atoms with Gasteiger partial charge in [-0.1, -0.05) is 15.9 Å². The molecule has 1 aromatic rings. The summed E-state index contributed by atoms with van der Waals surface area (Å²) in [5, 5.41) is 23.5. The molecular weight excluding hydrogens is 338 g/mol. The van der Waals surface area contributed by atoms with Crippen LogP contribution in [0.3, 0.4) is 0 Å². The van der Waals surface area contributed by atoms with Gasteiger partial charge in [0.2, 0.25) is 0 Å². The summed E-state index contributed by atoms with van der Waals surface area (Å²) >= 11 is 3.23. The Bertz CT molecular complexity index is 584. The van der Waals surface area contributed by atoms with Crippen molar-refractivity contribution in [2.75, 3.05) is 6.61 Å². The Morgan fingerprint density at radius 1 is 1.57 bits per heavy atom. The molecule has 1 unspecified atom stereocenters. The van der Waals surface area contributed by atoms with E-state index in [2.05, 4.69) is 27.3 Å². The van der Waals surface area contributed by atoms with Crippen LogP contribution in [0, 0.1) is 28.4 Å². The second-order valence-corrected chi connectivity index (χ2v) is 6.28. The first-order valence-electron chi connectivity index (χ1n) is 6.45. The van der Waals surface area contributed by atoms with E-state index < -0.39 is 10.5 Å². The van der Waals surface area contributed by atoms with Crippen molar-refractivity contribution in [3.63, 3.8) is 0 Å². The van der Waals surface area contributed by atoms with Crippen molar-refractivity contribution in [2.24, 2.45) is 0 Å². The summed E-state index contributed by atoms with van der Waals surface area (Å²) in [5.41, 5.74) is -0.394. The van der Waals surface area contributed by atoms with Crippen LogP contribution >= 0.6 is 15.9 Å². The Hall–Kier alpha value is -1.65. The van der Waals surface area contributed by atoms with Crippen molar-refractivity contribution in [3.05, 3.63) is 32.3 Å². The van der Waals surface area contributed by atoms with Crippen molar-refractivity contribution >= 4 is 21.6 Å². The number of rotatable bonds is 6. The monoisotopic (exact) mass is 355 g/mol. The van der Waals surface area contributed by atoms with Crippen LogP contribution in [-0.4, -0.2) is 23.1 Å². The first-order valence-corrected chi connectivity index (χ1v) is 7.24. The highest BCUT2D eigenvalue weighted by Crippen LogP contribution is 2.34. The van der Waals surface area contributed by atoms with Gasteiger partial charge in [0.05, 0.1) is 11.0 Å². The maximum Gasteiger partial charge on any atom is 0.312 e. The van der Waals surface area contributed by atoms with Crippen molar-refractivity contribution in [1.29, 1.82) is 5.26 Å². The lowest BCUT2D eigenvalue weighted by molar-refractivity contribution is -0.386. The summed E-state index contributed by atoms with van der Waals surface area (Å²) in [4.78, 5) is 10.6. The number of nitro benzene ring substituents is 1. The highest BCUT2D eigenvalue weighted by atomic mass is 79.9. The zero-order valence-electron chi connectivity index (χ0n) is 12.4. The number of hydrogen-bond donors (Lipinski definition) is 1. The summed E-state index contributed by atoms with van der Waals surface area (Å²) in [7, 11) is 0. The molecule has 1 atom stereocenters. The summed E-state index contributed by atoms with van der Waals surface area (Å²) in [6, 6.07) is 5.37. The molecule has 0 aliphatic carbocycles. The molecule has 0 fully saturated rings. The Morgan fingerprint density at radius 2 is 2.19 bits per heavy atom. The van der Waals surface area contributed by atoms with Crippen LogP contribution in [0.5, 0.6) is 5.75 Å². The minimum atomic E-state index is -0.915. The SMILES string of the molecule is Cc1cc(Br)cc([N+](=O)[O-])c1OCC(C)(C#N)NC(C)C. The number of nitro groups is 1. The largest absolute Gasteiger partial charge is 0.484 e. The molecule has 1 rings (SSSR count). The quantitative estimate of drug-likeness (QED) is 0.624. The molecule has 1 aromatic carbocycles. The van der Waals surface area contributed by atoms with Gasteiger partial charge < -0.3 is 4.74 Å². The average Bonchev–Trinajstić information content (AvgIpc) is 2.35. The number of halogens is 1. The average molecular weight is 356 g/mol. The lowest BCUT2D eigenvalue weighted by atomic mass is 10.1. The van der Waals surface area contributed by atoms with Gasteiger partial charge in [0.15, 0.2) is 5.75 Å². The van der Waals surface area contributed by atoms with Crippen LogP contribution in [0.15, 0.2) is 16.6 Å². The number of hydrogen-bond acceptors (Lipinski definition) is 5. The van der Waals surface area contributed by atoms with E-state index in [1.807, 2.05) is 13.8 Å². The Balaban J connectivity index is 3.03. The van der Waals surface area contributed by atoms with Gasteiger partial charge in [-0.2, -0.15) is 5.26 Å². The number of nitriles is 1. The van der Waals surface area contributed by atoms with Crippen molar-refractivity contribution < 1.29 is 9.66 Å². The van der Waals surface area contributed by atoms with Crippen LogP contribution in [0.2, 0.25) is 0 Å². The number of nitrogens with zero attached hydrogens (tertiary/aromatic N) is 2. The molecule has 0 saturated heterocycles. The highest BCUT2D eigenvalue weighted by molar-refractivity contribution is 9.10. The number of benzene rings is 1. The Labute approximate surface area is 132 Å². The molecule has 0 aromatic heterocycles. The topological polar surface area (TPSA) is 88.2 Å². The van der Waals surface area contributed by atoms with Gasteiger partial charge >= 0.3 is 5.69 Å². The highest BCUT2D eigenvalue weighted by Gasteiger charge is 2.28. The molecule has 0 saturated carbocycles. The zero-order chi connectivity index (χ0) is 16.2. The predicted molar refractivity (Wildman–Crippen MR) is 83.3 cm³/mol. The van der Waals surface area contributed by atoms with E-state index in [0.29, 0.717) is 10.0 Å². The lowest BCUT2D eigenvalue weighted by Crippen LogP contribution is -2.49. The van der Waals surface area contributed by atoms with E-state index in [4.69, 9.17) is 4.74 Å². The molecule has 21 heavy (non-hydrogen) atoms. The first-order chi connectivity index (χ1) is 9.68. The maximum absolute atomic E-state index is 11.1. The second kappa shape index (κ2) is 6.87. The van der Waals surface area contributed by atoms with Gasteiger partial charge in [-0.25, -0.2) is 0 Å². The van der Waals surface area contributed by atoms with Gasteiger partial charge in [-0.15, -0.1) is 0 Å². The molecular formula is C14H18BrN3O3. The van der Waals surface area contributed by atoms with Crippen molar-refractivity contribution in [1.82, 2.24) is 5.32 Å². The third-order valence-corrected chi connectivity index (χ3v) is 3.23. The molecule has 0 bridgehead atoms. The molecule has 6 nitrogen and oxygen atoms in total. The minimum Gasteiger partial charge on any atom is -0.484 e. The van der Waals surface area contributed by atoms with Gasteiger partial charge in [0, 0.05) is 16.6 Å². The van der Waals surface area contributed by atoms with Crippen molar-refractivity contribution in [2.45, 2.75) is 39.3 Å². The standard InChI is InChI=1S/C14H18BrN3O3/c1-9(2)17-14(4,7-16)8-21-13-10(3)5-11(15)6-12(13)18(19)20/h5-6,9,17H,8H2,1-4H3. The third kappa shape index (κ3) is 4.69. The summed E-state index contributed by atoms with van der Waals surface area (Å²) in [6.07, 6.45) is 0. The zero-order valence-corrected chi connectivity index (χ0v) is 14.0. The van der Waals surface area contributed by atoms with E-state index in [9.17, 15) is 15.4 Å². The van der Waals surface area contributed by atoms with E-state index in [-0.39, 0.29) is 24.1 Å². The Morgan fingerprint density at radius 3 is 2.67 bits per heavy atom. The molecule has 0 heterocycles. The molecule has 1 N–H and O–H groups in total. The smallest absolute Gasteiger partial charge is 0.312 e. The summed E-state index contributed by atoms with van der Waals surface area (Å²) in [5.74, 6) is 0.190. The lowest BCUT2D eigenvalue weighted by Gasteiger charge is -2.26. The summed E-state index contributed by atoms with van der Waals surface area (Å²) in [6.45, 7) is 7.29. The molecule has 0 spiro atoms. The number of ether oxygens (including phenoxy) is 1. The van der Waals surface area contributed by atoms with Crippen LogP contribution in [0.1, 0.15) is 26.3 Å². The van der Waals surface area contributed by atoms with E-state index in [1.165, 1.54) is 6.07 Å². The first kappa shape index (κ1) is 17.4. The van der Waals surface area contributed by atoms with Crippen LogP contribution < -0.4 is 10.1 Å². The number of nitrogens with one attached hydrogen (secondary N) is 1. The fraction of sp³-hybridized carbons (Fsp3) is 0.500. The fourth-order valence-corrected chi connectivity index (χ4v) is 2.56.